The van der Waals surface area contributed by atoms with Gasteiger partial charge in [0.2, 0.25) is 5.89 Å². The van der Waals surface area contributed by atoms with Gasteiger partial charge in [0.25, 0.3) is 0 Å². The fraction of sp³-hybridized carbons (Fsp3) is 0.474. The standard InChI is InChI=1S/C19H27N3O3/c1-4-10-19(3,13-23)22-18(24)20-11-9-16-12-25-17(21-16)15-7-5-14(2)6-8-15/h5-8,12,23H,4,9-11,13H2,1-3H3,(H2,20,22,24). The Bertz CT molecular complexity index is 681. The summed E-state index contributed by atoms with van der Waals surface area (Å²) >= 11 is 0. The van der Waals surface area contributed by atoms with Crippen molar-refractivity contribution < 1.29 is 14.3 Å². The predicted octanol–water partition coefficient (Wildman–Crippen LogP) is 3.04. The van der Waals surface area contributed by atoms with Crippen LogP contribution in [0.15, 0.2) is 34.9 Å². The fourth-order valence-corrected chi connectivity index (χ4v) is 2.61. The van der Waals surface area contributed by atoms with E-state index in [1.54, 1.807) is 6.26 Å². The summed E-state index contributed by atoms with van der Waals surface area (Å²) in [5.41, 5.74) is 2.31. The molecule has 0 aliphatic carbocycles. The van der Waals surface area contributed by atoms with Crippen molar-refractivity contribution in [3.05, 3.63) is 41.8 Å². The zero-order chi connectivity index (χ0) is 18.3. The second-order valence-corrected chi connectivity index (χ2v) is 6.61. The van der Waals surface area contributed by atoms with Gasteiger partial charge in [0.1, 0.15) is 6.26 Å². The Balaban J connectivity index is 1.82. The topological polar surface area (TPSA) is 87.4 Å². The lowest BCUT2D eigenvalue weighted by molar-refractivity contribution is 0.163. The van der Waals surface area contributed by atoms with Crippen LogP contribution in [0.25, 0.3) is 11.5 Å². The molecular formula is C19H27N3O3. The maximum atomic E-state index is 12.0. The summed E-state index contributed by atoms with van der Waals surface area (Å²) < 4.78 is 5.51. The first-order valence-corrected chi connectivity index (χ1v) is 8.64. The SMILES string of the molecule is CCCC(C)(CO)NC(=O)NCCc1coc(-c2ccc(C)cc2)n1. The molecule has 1 heterocycles. The minimum atomic E-state index is -0.592. The second-order valence-electron chi connectivity index (χ2n) is 6.61. The minimum Gasteiger partial charge on any atom is -0.444 e. The average Bonchev–Trinajstić information content (AvgIpc) is 3.04. The Labute approximate surface area is 148 Å². The van der Waals surface area contributed by atoms with E-state index in [0.29, 0.717) is 18.9 Å². The Morgan fingerprint density at radius 2 is 2.04 bits per heavy atom. The quantitative estimate of drug-likeness (QED) is 0.686. The minimum absolute atomic E-state index is 0.0859. The number of rotatable bonds is 8. The van der Waals surface area contributed by atoms with Crippen LogP contribution in [0.2, 0.25) is 0 Å². The molecule has 1 aromatic heterocycles. The number of aryl methyl sites for hydroxylation is 1. The maximum absolute atomic E-state index is 12.0. The van der Waals surface area contributed by atoms with E-state index >= 15 is 0 Å². The highest BCUT2D eigenvalue weighted by molar-refractivity contribution is 5.74. The lowest BCUT2D eigenvalue weighted by Gasteiger charge is -2.28. The first kappa shape index (κ1) is 19.0. The molecule has 1 unspecified atom stereocenters. The third-order valence-corrected chi connectivity index (χ3v) is 4.08. The summed E-state index contributed by atoms with van der Waals surface area (Å²) in [6.07, 6.45) is 3.80. The Morgan fingerprint density at radius 1 is 1.32 bits per heavy atom. The van der Waals surface area contributed by atoms with Crippen LogP contribution < -0.4 is 10.6 Å². The number of nitrogens with zero attached hydrogens (tertiary/aromatic N) is 1. The van der Waals surface area contributed by atoms with Crippen molar-refractivity contribution >= 4 is 6.03 Å². The van der Waals surface area contributed by atoms with Crippen LogP contribution in [0.5, 0.6) is 0 Å². The number of oxazole rings is 1. The molecule has 0 fully saturated rings. The number of urea groups is 1. The van der Waals surface area contributed by atoms with E-state index < -0.39 is 5.54 Å². The lowest BCUT2D eigenvalue weighted by atomic mass is 9.98. The van der Waals surface area contributed by atoms with Crippen molar-refractivity contribution in [1.82, 2.24) is 15.6 Å². The van der Waals surface area contributed by atoms with Crippen molar-refractivity contribution in [2.45, 2.75) is 45.6 Å². The van der Waals surface area contributed by atoms with Crippen molar-refractivity contribution in [2.75, 3.05) is 13.2 Å². The number of aliphatic hydroxyl groups is 1. The van der Waals surface area contributed by atoms with Crippen LogP contribution in [0.4, 0.5) is 4.79 Å². The molecule has 0 saturated carbocycles. The van der Waals surface area contributed by atoms with Gasteiger partial charge in [-0.3, -0.25) is 0 Å². The summed E-state index contributed by atoms with van der Waals surface area (Å²) in [5.74, 6) is 0.579. The summed E-state index contributed by atoms with van der Waals surface area (Å²) in [6, 6.07) is 7.69. The van der Waals surface area contributed by atoms with Crippen molar-refractivity contribution in [2.24, 2.45) is 0 Å². The molecule has 1 atom stereocenters. The molecule has 6 nitrogen and oxygen atoms in total. The number of hydrogen-bond acceptors (Lipinski definition) is 4. The Hall–Kier alpha value is -2.34. The Morgan fingerprint density at radius 3 is 2.68 bits per heavy atom. The highest BCUT2D eigenvalue weighted by Gasteiger charge is 2.24. The van der Waals surface area contributed by atoms with E-state index in [-0.39, 0.29) is 12.6 Å². The number of hydrogen-bond donors (Lipinski definition) is 3. The molecule has 0 aliphatic heterocycles. The van der Waals surface area contributed by atoms with Crippen molar-refractivity contribution in [3.8, 4) is 11.5 Å². The third kappa shape index (κ3) is 5.60. The van der Waals surface area contributed by atoms with E-state index in [4.69, 9.17) is 4.42 Å². The highest BCUT2D eigenvalue weighted by atomic mass is 16.3. The molecule has 25 heavy (non-hydrogen) atoms. The maximum Gasteiger partial charge on any atom is 0.315 e. The van der Waals surface area contributed by atoms with Gasteiger partial charge in [-0.2, -0.15) is 0 Å². The average molecular weight is 345 g/mol. The van der Waals surface area contributed by atoms with Gasteiger partial charge in [0, 0.05) is 18.5 Å². The zero-order valence-electron chi connectivity index (χ0n) is 15.1. The van der Waals surface area contributed by atoms with Crippen LogP contribution in [0.1, 0.15) is 37.9 Å². The number of nitrogens with one attached hydrogen (secondary N) is 2. The van der Waals surface area contributed by atoms with Crippen molar-refractivity contribution in [1.29, 1.82) is 0 Å². The van der Waals surface area contributed by atoms with E-state index in [1.165, 1.54) is 5.56 Å². The summed E-state index contributed by atoms with van der Waals surface area (Å²) in [5, 5.41) is 15.0. The second kappa shape index (κ2) is 8.67. The largest absolute Gasteiger partial charge is 0.444 e. The van der Waals surface area contributed by atoms with Crippen LogP contribution >= 0.6 is 0 Å². The molecule has 0 aliphatic rings. The molecule has 2 aromatic rings. The number of carbonyl (C=O) groups excluding carboxylic acids is 1. The third-order valence-electron chi connectivity index (χ3n) is 4.08. The van der Waals surface area contributed by atoms with Gasteiger partial charge in [-0.05, 0) is 32.4 Å². The van der Waals surface area contributed by atoms with Crippen molar-refractivity contribution in [3.63, 3.8) is 0 Å². The highest BCUT2D eigenvalue weighted by Crippen LogP contribution is 2.19. The van der Waals surface area contributed by atoms with Crippen LogP contribution in [0.3, 0.4) is 0 Å². The number of aromatic nitrogens is 1. The molecule has 2 amide bonds. The molecule has 3 N–H and O–H groups in total. The zero-order valence-corrected chi connectivity index (χ0v) is 15.1. The molecule has 0 saturated heterocycles. The van der Waals surface area contributed by atoms with Gasteiger partial charge < -0.3 is 20.2 Å². The first-order valence-electron chi connectivity index (χ1n) is 8.64. The van der Waals surface area contributed by atoms with Gasteiger partial charge in [0.05, 0.1) is 17.8 Å². The molecular weight excluding hydrogens is 318 g/mol. The van der Waals surface area contributed by atoms with Crippen LogP contribution in [0, 0.1) is 6.92 Å². The van der Waals surface area contributed by atoms with Gasteiger partial charge in [-0.15, -0.1) is 0 Å². The summed E-state index contributed by atoms with van der Waals surface area (Å²) in [6.45, 7) is 6.24. The number of aliphatic hydroxyl groups excluding tert-OH is 1. The van der Waals surface area contributed by atoms with E-state index in [1.807, 2.05) is 45.0 Å². The van der Waals surface area contributed by atoms with Gasteiger partial charge >= 0.3 is 6.03 Å². The van der Waals surface area contributed by atoms with E-state index in [2.05, 4.69) is 15.6 Å². The Kier molecular flexibility index (Phi) is 6.58. The number of benzene rings is 1. The molecule has 0 spiro atoms. The van der Waals surface area contributed by atoms with Crippen LogP contribution in [-0.4, -0.2) is 34.8 Å². The number of carbonyl (C=O) groups is 1. The molecule has 0 bridgehead atoms. The predicted molar refractivity (Wildman–Crippen MR) is 97.3 cm³/mol. The fourth-order valence-electron chi connectivity index (χ4n) is 2.61. The van der Waals surface area contributed by atoms with Crippen LogP contribution in [-0.2, 0) is 6.42 Å². The first-order chi connectivity index (χ1) is 12.0. The monoisotopic (exact) mass is 345 g/mol. The smallest absolute Gasteiger partial charge is 0.315 e. The number of amides is 2. The summed E-state index contributed by atoms with van der Waals surface area (Å²) in [7, 11) is 0. The van der Waals surface area contributed by atoms with Gasteiger partial charge in [0.15, 0.2) is 0 Å². The van der Waals surface area contributed by atoms with Gasteiger partial charge in [-0.25, -0.2) is 9.78 Å². The lowest BCUT2D eigenvalue weighted by Crippen LogP contribution is -2.52. The summed E-state index contributed by atoms with van der Waals surface area (Å²) in [4.78, 5) is 16.4. The van der Waals surface area contributed by atoms with E-state index in [0.717, 1.165) is 24.1 Å². The molecule has 136 valence electrons. The van der Waals surface area contributed by atoms with Gasteiger partial charge in [-0.1, -0.05) is 31.0 Å². The van der Waals surface area contributed by atoms with E-state index in [9.17, 15) is 9.90 Å². The molecule has 1 aromatic carbocycles. The molecule has 2 rings (SSSR count). The molecule has 0 radical (unpaired) electrons. The molecule has 6 heteroatoms. The normalized spacial score (nSPS) is 13.3.